The number of nitrogens with two attached hydrogens (primary N) is 1. The third-order valence-electron chi connectivity index (χ3n) is 3.77. The van der Waals surface area contributed by atoms with E-state index < -0.39 is 0 Å². The van der Waals surface area contributed by atoms with Crippen molar-refractivity contribution < 1.29 is 9.60 Å². The first kappa shape index (κ1) is 14.1. The van der Waals surface area contributed by atoms with Crippen molar-refractivity contribution in [2.45, 2.75) is 13.8 Å². The molecule has 0 aromatic heterocycles. The molecule has 1 saturated heterocycles. The molecule has 1 aromatic rings. The molecule has 1 heterocycles. The van der Waals surface area contributed by atoms with Crippen molar-refractivity contribution in [3.63, 3.8) is 0 Å². The average molecular weight is 330 g/mol. The maximum atomic E-state index is 14.4. The Morgan fingerprint density at radius 3 is 2.53 bits per heavy atom. The molecule has 2 rings (SSSR count). The molecule has 1 aliphatic heterocycles. The van der Waals surface area contributed by atoms with Gasteiger partial charge in [-0.25, -0.2) is 4.39 Å². The molecule has 2 atom stereocenters. The summed E-state index contributed by atoms with van der Waals surface area (Å²) in [7, 11) is 0. The maximum absolute atomic E-state index is 14.4. The molecule has 0 radical (unpaired) electrons. The normalized spacial score (nSPS) is 24.0. The molecule has 0 amide bonds. The van der Waals surface area contributed by atoms with Gasteiger partial charge in [0.25, 0.3) is 0 Å². The predicted octanol–water partition coefficient (Wildman–Crippen LogP) is 2.77. The Balaban J connectivity index is 2.37. The fraction of sp³-hybridized carbons (Fsp3) is 0.462. The van der Waals surface area contributed by atoms with Crippen LogP contribution in [-0.4, -0.2) is 24.1 Å². The predicted molar refractivity (Wildman–Crippen MR) is 77.2 cm³/mol. The van der Waals surface area contributed by atoms with Crippen LogP contribution in [0, 0.1) is 17.7 Å². The number of hydrogen-bond acceptors (Lipinski definition) is 3. The highest BCUT2D eigenvalue weighted by Gasteiger charge is 2.28. The Kier molecular flexibility index (Phi) is 3.99. The van der Waals surface area contributed by atoms with E-state index in [9.17, 15) is 4.39 Å². The molecule has 19 heavy (non-hydrogen) atoms. The summed E-state index contributed by atoms with van der Waals surface area (Å²) in [5.41, 5.74) is 6.41. The summed E-state index contributed by atoms with van der Waals surface area (Å²) in [6.45, 7) is 6.02. The summed E-state index contributed by atoms with van der Waals surface area (Å²) in [6, 6.07) is 3.34. The summed E-state index contributed by atoms with van der Waals surface area (Å²) in [5.74, 6) is 0.606. The van der Waals surface area contributed by atoms with E-state index in [-0.39, 0.29) is 16.1 Å². The van der Waals surface area contributed by atoms with Crippen LogP contribution in [0.5, 0.6) is 0 Å². The molecule has 3 N–H and O–H groups in total. The largest absolute Gasteiger partial charge is 0.409 e. The van der Waals surface area contributed by atoms with Crippen LogP contribution in [0.25, 0.3) is 0 Å². The minimum Gasteiger partial charge on any atom is -0.409 e. The van der Waals surface area contributed by atoms with Gasteiger partial charge >= 0.3 is 0 Å². The number of halogens is 2. The number of anilines is 1. The van der Waals surface area contributed by atoms with Gasteiger partial charge in [0, 0.05) is 18.7 Å². The quantitative estimate of drug-likeness (QED) is 0.379. The molecule has 6 heteroatoms. The van der Waals surface area contributed by atoms with E-state index in [0.717, 1.165) is 13.1 Å². The van der Waals surface area contributed by atoms with Crippen molar-refractivity contribution in [3.05, 3.63) is 28.0 Å². The van der Waals surface area contributed by atoms with E-state index in [1.807, 2.05) is 4.90 Å². The topological polar surface area (TPSA) is 61.8 Å². The van der Waals surface area contributed by atoms with E-state index in [2.05, 4.69) is 34.9 Å². The molecule has 0 aliphatic carbocycles. The van der Waals surface area contributed by atoms with Crippen LogP contribution in [0.3, 0.4) is 0 Å². The number of nitrogens with zero attached hydrogens (tertiary/aromatic N) is 2. The van der Waals surface area contributed by atoms with Crippen LogP contribution in [0.4, 0.5) is 10.1 Å². The first-order valence-electron chi connectivity index (χ1n) is 6.16. The minimum absolute atomic E-state index is 0.111. The fourth-order valence-corrected chi connectivity index (χ4v) is 2.90. The molecule has 2 unspecified atom stereocenters. The van der Waals surface area contributed by atoms with Crippen molar-refractivity contribution in [2.24, 2.45) is 22.7 Å². The summed E-state index contributed by atoms with van der Waals surface area (Å²) < 4.78 is 14.6. The van der Waals surface area contributed by atoms with Gasteiger partial charge in [0.05, 0.1) is 10.2 Å². The molecule has 1 aliphatic rings. The van der Waals surface area contributed by atoms with Crippen molar-refractivity contribution in [1.29, 1.82) is 0 Å². The van der Waals surface area contributed by atoms with Crippen molar-refractivity contribution in [3.8, 4) is 0 Å². The monoisotopic (exact) mass is 329 g/mol. The van der Waals surface area contributed by atoms with E-state index in [1.165, 1.54) is 0 Å². The highest BCUT2D eigenvalue weighted by atomic mass is 79.9. The van der Waals surface area contributed by atoms with Gasteiger partial charge in [0.15, 0.2) is 11.7 Å². The van der Waals surface area contributed by atoms with Gasteiger partial charge in [-0.2, -0.15) is 0 Å². The zero-order valence-corrected chi connectivity index (χ0v) is 12.5. The van der Waals surface area contributed by atoms with E-state index in [0.29, 0.717) is 23.1 Å². The number of benzene rings is 1. The summed E-state index contributed by atoms with van der Waals surface area (Å²) in [4.78, 5) is 2.03. The molecule has 1 aromatic carbocycles. The van der Waals surface area contributed by atoms with Crippen LogP contribution < -0.4 is 10.6 Å². The van der Waals surface area contributed by atoms with E-state index in [4.69, 9.17) is 10.9 Å². The van der Waals surface area contributed by atoms with Crippen LogP contribution in [0.2, 0.25) is 0 Å². The van der Waals surface area contributed by atoms with Crippen molar-refractivity contribution in [1.82, 2.24) is 0 Å². The Morgan fingerprint density at radius 2 is 2.00 bits per heavy atom. The van der Waals surface area contributed by atoms with Gasteiger partial charge in [-0.15, -0.1) is 0 Å². The number of rotatable bonds is 2. The van der Waals surface area contributed by atoms with Gasteiger partial charge in [0.1, 0.15) is 0 Å². The third-order valence-corrected chi connectivity index (χ3v) is 4.55. The summed E-state index contributed by atoms with van der Waals surface area (Å²) in [6.07, 6.45) is 0. The lowest BCUT2D eigenvalue weighted by Crippen LogP contribution is -2.22. The molecule has 0 bridgehead atoms. The van der Waals surface area contributed by atoms with Crippen LogP contribution in [0.1, 0.15) is 19.4 Å². The maximum Gasteiger partial charge on any atom is 0.171 e. The molecule has 0 spiro atoms. The first-order valence-corrected chi connectivity index (χ1v) is 6.95. The lowest BCUT2D eigenvalue weighted by atomic mass is 10.0. The first-order chi connectivity index (χ1) is 8.95. The zero-order valence-electron chi connectivity index (χ0n) is 10.9. The molecular weight excluding hydrogens is 313 g/mol. The van der Waals surface area contributed by atoms with Gasteiger partial charge < -0.3 is 15.8 Å². The highest BCUT2D eigenvalue weighted by molar-refractivity contribution is 9.10. The molecule has 1 fully saturated rings. The Hall–Kier alpha value is -1.30. The van der Waals surface area contributed by atoms with Gasteiger partial charge in [-0.1, -0.05) is 19.0 Å². The van der Waals surface area contributed by atoms with Crippen LogP contribution >= 0.6 is 15.9 Å². The Labute approximate surface area is 120 Å². The van der Waals surface area contributed by atoms with E-state index in [1.54, 1.807) is 12.1 Å². The number of amidine groups is 1. The van der Waals surface area contributed by atoms with Gasteiger partial charge in [-0.3, -0.25) is 0 Å². The van der Waals surface area contributed by atoms with Crippen LogP contribution in [0.15, 0.2) is 21.8 Å². The summed E-state index contributed by atoms with van der Waals surface area (Å²) >= 11 is 3.18. The smallest absolute Gasteiger partial charge is 0.171 e. The van der Waals surface area contributed by atoms with E-state index >= 15 is 0 Å². The van der Waals surface area contributed by atoms with Crippen LogP contribution in [-0.2, 0) is 0 Å². The standard InChI is InChI=1S/C13H17BrFN3O/c1-7-5-18(6-8(7)2)10-4-3-9(13(16)17-19)11(14)12(10)15/h3-4,7-8,19H,5-6H2,1-2H3,(H2,16,17). The number of hydrogen-bond donors (Lipinski definition) is 2. The fourth-order valence-electron chi connectivity index (χ4n) is 2.36. The SMILES string of the molecule is CC1CN(c2ccc(/C(N)=N/O)c(Br)c2F)CC1C. The Morgan fingerprint density at radius 1 is 1.42 bits per heavy atom. The van der Waals surface area contributed by atoms with Gasteiger partial charge in [0.2, 0.25) is 0 Å². The number of oxime groups is 1. The second kappa shape index (κ2) is 5.36. The van der Waals surface area contributed by atoms with Gasteiger partial charge in [-0.05, 0) is 39.9 Å². The molecule has 104 valence electrons. The second-order valence-electron chi connectivity index (χ2n) is 5.11. The Bertz CT molecular complexity index is 511. The highest BCUT2D eigenvalue weighted by Crippen LogP contribution is 2.34. The second-order valence-corrected chi connectivity index (χ2v) is 5.90. The van der Waals surface area contributed by atoms with Crippen molar-refractivity contribution >= 4 is 27.5 Å². The zero-order chi connectivity index (χ0) is 14.2. The lowest BCUT2D eigenvalue weighted by molar-refractivity contribution is 0.318. The summed E-state index contributed by atoms with van der Waals surface area (Å²) in [5, 5.41) is 11.6. The molecule has 4 nitrogen and oxygen atoms in total. The minimum atomic E-state index is -0.370. The van der Waals surface area contributed by atoms with Crippen molar-refractivity contribution in [2.75, 3.05) is 18.0 Å². The third kappa shape index (κ3) is 2.54. The molecule has 0 saturated carbocycles. The average Bonchev–Trinajstić information content (AvgIpc) is 2.71. The lowest BCUT2D eigenvalue weighted by Gasteiger charge is -2.20. The molecular formula is C13H17BrFN3O.